The van der Waals surface area contributed by atoms with Gasteiger partial charge in [0.05, 0.1) is 6.20 Å². The monoisotopic (exact) mass is 455 g/mol. The molecule has 0 N–H and O–H groups in total. The highest BCUT2D eigenvalue weighted by Crippen LogP contribution is 2.25. The number of aryl methyl sites for hydroxylation is 1. The third kappa shape index (κ3) is 6.54. The number of carbonyl (C=O) groups excluding carboxylic acids is 1. The van der Waals surface area contributed by atoms with Crippen LogP contribution in [-0.4, -0.2) is 59.3 Å². The quantitative estimate of drug-likeness (QED) is 0.496. The van der Waals surface area contributed by atoms with Crippen molar-refractivity contribution in [2.75, 3.05) is 26.2 Å². The molecule has 3 rings (SSSR count). The maximum atomic E-state index is 13.2. The number of hydrogen-bond donors (Lipinski definition) is 0. The molecule has 1 aliphatic heterocycles. The summed E-state index contributed by atoms with van der Waals surface area (Å²) in [6.45, 7) is 3.82. The number of amides is 1. The molecule has 0 saturated carbocycles. The molecular weight excluding hydrogens is 426 g/mol. The molecule has 1 amide bonds. The van der Waals surface area contributed by atoms with Crippen LogP contribution in [0.3, 0.4) is 0 Å². The Morgan fingerprint density at radius 2 is 1.91 bits per heavy atom. The summed E-state index contributed by atoms with van der Waals surface area (Å²) in [5.41, 5.74) is 1.34. The van der Waals surface area contributed by atoms with Crippen molar-refractivity contribution in [3.8, 4) is 11.3 Å². The van der Waals surface area contributed by atoms with Crippen LogP contribution in [0.4, 0.5) is 17.6 Å². The Morgan fingerprint density at radius 3 is 2.59 bits per heavy atom. The number of alkyl halides is 3. The molecule has 2 aromatic rings. The summed E-state index contributed by atoms with van der Waals surface area (Å²) in [6.07, 6.45) is 1.21. The average Bonchev–Trinajstić information content (AvgIpc) is 3.22. The zero-order chi connectivity index (χ0) is 23.1. The van der Waals surface area contributed by atoms with Crippen molar-refractivity contribution in [1.82, 2.24) is 15.0 Å². The van der Waals surface area contributed by atoms with Gasteiger partial charge >= 0.3 is 12.1 Å². The summed E-state index contributed by atoms with van der Waals surface area (Å²) in [6, 6.07) is 6.14. The molecule has 0 aliphatic carbocycles. The molecule has 1 saturated heterocycles. The highest BCUT2D eigenvalue weighted by molar-refractivity contribution is 5.81. The molecule has 0 spiro atoms. The van der Waals surface area contributed by atoms with Crippen LogP contribution < -0.4 is 0 Å². The second-order valence-electron chi connectivity index (χ2n) is 8.31. The molecule has 2 heterocycles. The van der Waals surface area contributed by atoms with E-state index in [9.17, 15) is 22.4 Å². The zero-order valence-electron chi connectivity index (χ0n) is 18.2. The lowest BCUT2D eigenvalue weighted by molar-refractivity contribution is -0.185. The van der Waals surface area contributed by atoms with E-state index in [1.165, 1.54) is 24.8 Å². The Morgan fingerprint density at radius 1 is 1.19 bits per heavy atom. The smallest absolute Gasteiger partial charge is 0.356 e. The molecule has 1 aliphatic rings. The lowest BCUT2D eigenvalue weighted by Crippen LogP contribution is -2.44. The minimum Gasteiger partial charge on any atom is -0.356 e. The van der Waals surface area contributed by atoms with Crippen LogP contribution in [0.1, 0.15) is 44.6 Å². The van der Waals surface area contributed by atoms with Crippen molar-refractivity contribution in [3.63, 3.8) is 0 Å². The first kappa shape index (κ1) is 24.2. The number of carbonyl (C=O) groups is 1. The first-order valence-corrected chi connectivity index (χ1v) is 11.1. The van der Waals surface area contributed by atoms with Gasteiger partial charge in [0.2, 0.25) is 0 Å². The minimum absolute atomic E-state index is 0.0120. The van der Waals surface area contributed by atoms with Gasteiger partial charge in [-0.05, 0) is 69.8 Å². The summed E-state index contributed by atoms with van der Waals surface area (Å²) in [5, 5.41) is 3.77. The van der Waals surface area contributed by atoms with Gasteiger partial charge in [0.1, 0.15) is 5.82 Å². The van der Waals surface area contributed by atoms with Gasteiger partial charge in [-0.2, -0.15) is 13.2 Å². The van der Waals surface area contributed by atoms with Gasteiger partial charge in [0.15, 0.2) is 5.76 Å². The molecule has 1 atom stereocenters. The number of rotatable bonds is 9. The number of nitrogens with zero attached hydrogens (tertiary/aromatic N) is 3. The van der Waals surface area contributed by atoms with E-state index >= 15 is 0 Å². The van der Waals surface area contributed by atoms with E-state index in [1.54, 1.807) is 12.1 Å². The summed E-state index contributed by atoms with van der Waals surface area (Å²) in [4.78, 5) is 15.1. The van der Waals surface area contributed by atoms with Crippen LogP contribution in [0.2, 0.25) is 0 Å². The highest BCUT2D eigenvalue weighted by Gasteiger charge is 2.42. The summed E-state index contributed by atoms with van der Waals surface area (Å²) in [7, 11) is 0. The maximum absolute atomic E-state index is 13.2. The molecule has 1 aromatic heterocycles. The normalized spacial score (nSPS) is 17.5. The third-order valence-corrected chi connectivity index (χ3v) is 5.97. The van der Waals surface area contributed by atoms with E-state index < -0.39 is 12.1 Å². The molecule has 0 radical (unpaired) electrons. The standard InChI is InChI=1S/C23H29F4N3O2/c1-17-6-2-3-12-29(17)14-5-15-30(22(31)23(25,26)27)13-4-7-19-16-28-32-21(19)18-8-10-20(24)11-9-18/h8-11,16-17H,2-7,12-15H2,1H3. The van der Waals surface area contributed by atoms with Gasteiger partial charge in [-0.15, -0.1) is 0 Å². The topological polar surface area (TPSA) is 49.6 Å². The number of hydrogen-bond acceptors (Lipinski definition) is 4. The van der Waals surface area contributed by atoms with Gasteiger partial charge in [0.25, 0.3) is 0 Å². The summed E-state index contributed by atoms with van der Waals surface area (Å²) in [5.74, 6) is -1.72. The lowest BCUT2D eigenvalue weighted by atomic mass is 10.0. The Kier molecular flexibility index (Phi) is 8.28. The van der Waals surface area contributed by atoms with Gasteiger partial charge in [0, 0.05) is 36.8 Å². The average molecular weight is 455 g/mol. The van der Waals surface area contributed by atoms with E-state index in [1.807, 2.05) is 0 Å². The molecule has 1 aromatic carbocycles. The lowest BCUT2D eigenvalue weighted by Gasteiger charge is -2.34. The molecule has 5 nitrogen and oxygen atoms in total. The molecule has 176 valence electrons. The molecular formula is C23H29F4N3O2. The van der Waals surface area contributed by atoms with Crippen LogP contribution >= 0.6 is 0 Å². The fourth-order valence-electron chi connectivity index (χ4n) is 4.19. The maximum Gasteiger partial charge on any atom is 0.471 e. The molecule has 9 heteroatoms. The molecule has 1 unspecified atom stereocenters. The fourth-order valence-corrected chi connectivity index (χ4v) is 4.19. The largest absolute Gasteiger partial charge is 0.471 e. The van der Waals surface area contributed by atoms with Crippen LogP contribution in [0, 0.1) is 5.82 Å². The van der Waals surface area contributed by atoms with Gasteiger partial charge < -0.3 is 14.3 Å². The zero-order valence-corrected chi connectivity index (χ0v) is 18.2. The van der Waals surface area contributed by atoms with E-state index in [0.29, 0.717) is 48.7 Å². The van der Waals surface area contributed by atoms with E-state index in [4.69, 9.17) is 4.52 Å². The van der Waals surface area contributed by atoms with Crippen molar-refractivity contribution in [2.45, 2.75) is 57.7 Å². The highest BCUT2D eigenvalue weighted by atomic mass is 19.4. The molecule has 32 heavy (non-hydrogen) atoms. The third-order valence-electron chi connectivity index (χ3n) is 5.97. The van der Waals surface area contributed by atoms with Crippen molar-refractivity contribution in [1.29, 1.82) is 0 Å². The SMILES string of the molecule is CC1CCCCN1CCCN(CCCc1cnoc1-c1ccc(F)cc1)C(=O)C(F)(F)F. The number of likely N-dealkylation sites (tertiary alicyclic amines) is 1. The van der Waals surface area contributed by atoms with Gasteiger partial charge in [-0.1, -0.05) is 11.6 Å². The van der Waals surface area contributed by atoms with Gasteiger partial charge in [-0.3, -0.25) is 4.79 Å². The molecule has 1 fully saturated rings. The van der Waals surface area contributed by atoms with Crippen molar-refractivity contribution < 1.29 is 26.9 Å². The predicted octanol–water partition coefficient (Wildman–Crippen LogP) is 5.07. The van der Waals surface area contributed by atoms with E-state index in [2.05, 4.69) is 17.0 Å². The van der Waals surface area contributed by atoms with Crippen molar-refractivity contribution in [2.24, 2.45) is 0 Å². The predicted molar refractivity (Wildman–Crippen MR) is 112 cm³/mol. The first-order chi connectivity index (χ1) is 15.3. The second-order valence-corrected chi connectivity index (χ2v) is 8.31. The van der Waals surface area contributed by atoms with Crippen LogP contribution in [0.15, 0.2) is 35.0 Å². The van der Waals surface area contributed by atoms with Crippen molar-refractivity contribution in [3.05, 3.63) is 41.8 Å². The minimum atomic E-state index is -4.89. The van der Waals surface area contributed by atoms with Crippen molar-refractivity contribution >= 4 is 5.91 Å². The second kappa shape index (κ2) is 10.9. The summed E-state index contributed by atoms with van der Waals surface area (Å²) < 4.78 is 57.7. The molecule has 0 bridgehead atoms. The Hall–Kier alpha value is -2.42. The number of benzene rings is 1. The Balaban J connectivity index is 1.56. The number of halogens is 4. The Bertz CT molecular complexity index is 867. The first-order valence-electron chi connectivity index (χ1n) is 11.1. The summed E-state index contributed by atoms with van der Waals surface area (Å²) >= 11 is 0. The van der Waals surface area contributed by atoms with E-state index in [0.717, 1.165) is 24.3 Å². The van der Waals surface area contributed by atoms with Gasteiger partial charge in [-0.25, -0.2) is 4.39 Å². The number of aromatic nitrogens is 1. The van der Waals surface area contributed by atoms with E-state index in [-0.39, 0.29) is 18.9 Å². The number of piperidine rings is 1. The van der Waals surface area contributed by atoms with Crippen LogP contribution in [-0.2, 0) is 11.2 Å². The Labute approximate surface area is 185 Å². The van der Waals surface area contributed by atoms with Crippen LogP contribution in [0.5, 0.6) is 0 Å². The fraction of sp³-hybridized carbons (Fsp3) is 0.565. The van der Waals surface area contributed by atoms with Crippen LogP contribution in [0.25, 0.3) is 11.3 Å².